The van der Waals surface area contributed by atoms with E-state index in [0.717, 1.165) is 38.3 Å². The number of carbonyl (C=O) groups excluding carboxylic acids is 2. The molecule has 3 amide bonds. The molecule has 0 aliphatic heterocycles. The lowest BCUT2D eigenvalue weighted by Crippen LogP contribution is -2.43. The Bertz CT molecular complexity index is 573. The highest BCUT2D eigenvalue weighted by Crippen LogP contribution is 2.04. The number of amides is 3. The van der Waals surface area contributed by atoms with E-state index in [2.05, 4.69) is 37.9 Å². The topological polar surface area (TPSA) is 55.9 Å². The summed E-state index contributed by atoms with van der Waals surface area (Å²) in [5, 5.41) is 2.86. The molecular formula is C22H38N4O2. The maximum Gasteiger partial charge on any atom is 0.317 e. The molecule has 0 heterocycles. The number of nitrogens with one attached hydrogen (secondary N) is 1. The van der Waals surface area contributed by atoms with Crippen LogP contribution in [0.25, 0.3) is 0 Å². The summed E-state index contributed by atoms with van der Waals surface area (Å²) in [6.07, 6.45) is 0.329. The largest absolute Gasteiger partial charge is 0.341 e. The number of nitrogens with zero attached hydrogens (tertiary/aromatic N) is 3. The van der Waals surface area contributed by atoms with Gasteiger partial charge in [-0.3, -0.25) is 4.79 Å². The van der Waals surface area contributed by atoms with Crippen LogP contribution in [0.1, 0.15) is 39.7 Å². The number of benzene rings is 1. The Morgan fingerprint density at radius 1 is 1.04 bits per heavy atom. The molecule has 0 aliphatic rings. The summed E-state index contributed by atoms with van der Waals surface area (Å²) in [6, 6.07) is 9.70. The summed E-state index contributed by atoms with van der Waals surface area (Å²) in [5.41, 5.74) is 1.08. The van der Waals surface area contributed by atoms with Crippen LogP contribution in [-0.4, -0.2) is 73.0 Å². The molecule has 0 aliphatic carbocycles. The lowest BCUT2D eigenvalue weighted by Gasteiger charge is -2.28. The number of likely N-dealkylation sites (N-methyl/N-ethyl adjacent to an activating group) is 1. The van der Waals surface area contributed by atoms with Gasteiger partial charge in [-0.05, 0) is 24.6 Å². The quantitative estimate of drug-likeness (QED) is 0.597. The predicted molar refractivity (Wildman–Crippen MR) is 115 cm³/mol. The minimum atomic E-state index is -0.157. The van der Waals surface area contributed by atoms with Gasteiger partial charge in [0, 0.05) is 46.2 Å². The highest BCUT2D eigenvalue weighted by atomic mass is 16.2. The molecule has 6 nitrogen and oxygen atoms in total. The lowest BCUT2D eigenvalue weighted by molar-refractivity contribution is -0.131. The van der Waals surface area contributed by atoms with E-state index in [0.29, 0.717) is 25.4 Å². The molecule has 158 valence electrons. The Morgan fingerprint density at radius 3 is 2.25 bits per heavy atom. The second-order valence-corrected chi connectivity index (χ2v) is 7.58. The SMILES string of the molecule is CCN(CC)CCN(CC(C)C)C(=O)CCNC(=O)N(C)Cc1ccccc1. The number of urea groups is 1. The first-order chi connectivity index (χ1) is 13.4. The first-order valence-electron chi connectivity index (χ1n) is 10.4. The number of carbonyl (C=O) groups is 2. The third-order valence-electron chi connectivity index (χ3n) is 4.74. The van der Waals surface area contributed by atoms with Crippen molar-refractivity contribution in [2.75, 3.05) is 46.3 Å². The zero-order valence-corrected chi connectivity index (χ0v) is 18.3. The van der Waals surface area contributed by atoms with Gasteiger partial charge in [-0.1, -0.05) is 58.0 Å². The summed E-state index contributed by atoms with van der Waals surface area (Å²) in [6.45, 7) is 13.8. The summed E-state index contributed by atoms with van der Waals surface area (Å²) < 4.78 is 0. The van der Waals surface area contributed by atoms with Crippen molar-refractivity contribution in [3.8, 4) is 0 Å². The molecule has 0 fully saturated rings. The molecule has 0 saturated heterocycles. The van der Waals surface area contributed by atoms with Crippen molar-refractivity contribution in [1.29, 1.82) is 0 Å². The fraction of sp³-hybridized carbons (Fsp3) is 0.636. The van der Waals surface area contributed by atoms with Gasteiger partial charge in [0.2, 0.25) is 5.91 Å². The van der Waals surface area contributed by atoms with Crippen LogP contribution >= 0.6 is 0 Å². The third-order valence-corrected chi connectivity index (χ3v) is 4.74. The molecule has 1 aromatic carbocycles. The van der Waals surface area contributed by atoms with Crippen LogP contribution in [0, 0.1) is 5.92 Å². The first-order valence-corrected chi connectivity index (χ1v) is 10.4. The molecule has 0 bridgehead atoms. The highest BCUT2D eigenvalue weighted by Gasteiger charge is 2.16. The van der Waals surface area contributed by atoms with Crippen LogP contribution in [0.15, 0.2) is 30.3 Å². The standard InChI is InChI=1S/C22H38N4O2/c1-6-25(7-2)15-16-26(17-19(3)4)21(27)13-14-23-22(28)24(5)18-20-11-9-8-10-12-20/h8-12,19H,6-7,13-18H2,1-5H3,(H,23,28). The van der Waals surface area contributed by atoms with Crippen molar-refractivity contribution in [3.05, 3.63) is 35.9 Å². The van der Waals surface area contributed by atoms with E-state index in [1.807, 2.05) is 35.2 Å². The molecule has 1 aromatic rings. The molecule has 28 heavy (non-hydrogen) atoms. The van der Waals surface area contributed by atoms with Crippen LogP contribution in [0.3, 0.4) is 0 Å². The average Bonchev–Trinajstić information content (AvgIpc) is 2.68. The van der Waals surface area contributed by atoms with Gasteiger partial charge in [0.15, 0.2) is 0 Å². The van der Waals surface area contributed by atoms with Crippen molar-refractivity contribution >= 4 is 11.9 Å². The van der Waals surface area contributed by atoms with E-state index in [1.54, 1.807) is 11.9 Å². The molecule has 0 spiro atoms. The summed E-state index contributed by atoms with van der Waals surface area (Å²) in [7, 11) is 1.76. The maximum absolute atomic E-state index is 12.7. The van der Waals surface area contributed by atoms with Crippen molar-refractivity contribution < 1.29 is 9.59 Å². The zero-order chi connectivity index (χ0) is 20.9. The third kappa shape index (κ3) is 9.22. The monoisotopic (exact) mass is 390 g/mol. The summed E-state index contributed by atoms with van der Waals surface area (Å²) >= 11 is 0. The first kappa shape index (κ1) is 24.0. The van der Waals surface area contributed by atoms with Gasteiger partial charge in [-0.2, -0.15) is 0 Å². The molecule has 1 N–H and O–H groups in total. The highest BCUT2D eigenvalue weighted by molar-refractivity contribution is 5.78. The van der Waals surface area contributed by atoms with Gasteiger partial charge in [0.05, 0.1) is 0 Å². The van der Waals surface area contributed by atoms with E-state index in [-0.39, 0.29) is 11.9 Å². The molecule has 1 rings (SSSR count). The normalized spacial score (nSPS) is 11.0. The molecule has 0 radical (unpaired) electrons. The van der Waals surface area contributed by atoms with Crippen LogP contribution in [0.5, 0.6) is 0 Å². The lowest BCUT2D eigenvalue weighted by atomic mass is 10.2. The van der Waals surface area contributed by atoms with Crippen molar-refractivity contribution in [2.24, 2.45) is 5.92 Å². The van der Waals surface area contributed by atoms with Gasteiger partial charge >= 0.3 is 6.03 Å². The van der Waals surface area contributed by atoms with Crippen molar-refractivity contribution in [2.45, 2.75) is 40.7 Å². The molecule has 0 atom stereocenters. The van der Waals surface area contributed by atoms with Crippen LogP contribution in [0.4, 0.5) is 4.79 Å². The molecule has 6 heteroatoms. The Hall–Kier alpha value is -2.08. The van der Waals surface area contributed by atoms with Crippen LogP contribution in [0.2, 0.25) is 0 Å². The summed E-state index contributed by atoms with van der Waals surface area (Å²) in [5.74, 6) is 0.527. The maximum atomic E-state index is 12.7. The molecule has 0 saturated carbocycles. The number of hydrogen-bond acceptors (Lipinski definition) is 3. The van der Waals surface area contributed by atoms with Crippen molar-refractivity contribution in [1.82, 2.24) is 20.0 Å². The van der Waals surface area contributed by atoms with Gasteiger partial charge in [-0.25, -0.2) is 4.79 Å². The van der Waals surface area contributed by atoms with Gasteiger partial charge in [0.25, 0.3) is 0 Å². The van der Waals surface area contributed by atoms with Gasteiger partial charge in [-0.15, -0.1) is 0 Å². The number of hydrogen-bond donors (Lipinski definition) is 1. The van der Waals surface area contributed by atoms with E-state index in [1.165, 1.54) is 0 Å². The van der Waals surface area contributed by atoms with E-state index >= 15 is 0 Å². The predicted octanol–water partition coefficient (Wildman–Crippen LogP) is 3.04. The Balaban J connectivity index is 2.44. The number of rotatable bonds is 12. The smallest absolute Gasteiger partial charge is 0.317 e. The second kappa shape index (κ2) is 13.2. The molecule has 0 aromatic heterocycles. The minimum absolute atomic E-state index is 0.104. The van der Waals surface area contributed by atoms with E-state index < -0.39 is 0 Å². The Morgan fingerprint density at radius 2 is 1.68 bits per heavy atom. The fourth-order valence-corrected chi connectivity index (χ4v) is 3.06. The minimum Gasteiger partial charge on any atom is -0.341 e. The van der Waals surface area contributed by atoms with Crippen molar-refractivity contribution in [3.63, 3.8) is 0 Å². The fourth-order valence-electron chi connectivity index (χ4n) is 3.06. The van der Waals surface area contributed by atoms with E-state index in [4.69, 9.17) is 0 Å². The van der Waals surface area contributed by atoms with Crippen LogP contribution in [-0.2, 0) is 11.3 Å². The summed E-state index contributed by atoms with van der Waals surface area (Å²) in [4.78, 5) is 30.8. The average molecular weight is 391 g/mol. The molecular weight excluding hydrogens is 352 g/mol. The Kier molecular flexibility index (Phi) is 11.3. The van der Waals surface area contributed by atoms with E-state index in [9.17, 15) is 9.59 Å². The van der Waals surface area contributed by atoms with Gasteiger partial charge in [0.1, 0.15) is 0 Å². The molecule has 0 unspecified atom stereocenters. The zero-order valence-electron chi connectivity index (χ0n) is 18.3. The Labute approximate surface area is 170 Å². The second-order valence-electron chi connectivity index (χ2n) is 7.58. The van der Waals surface area contributed by atoms with Gasteiger partial charge < -0.3 is 20.0 Å². The van der Waals surface area contributed by atoms with Crippen LogP contribution < -0.4 is 5.32 Å².